The lowest BCUT2D eigenvalue weighted by Gasteiger charge is -2.13. The molecule has 0 saturated heterocycles. The van der Waals surface area contributed by atoms with Gasteiger partial charge in [-0.3, -0.25) is 0 Å². The molecule has 0 aliphatic carbocycles. The molecule has 0 bridgehead atoms. The van der Waals surface area contributed by atoms with Crippen LogP contribution in [0.25, 0.3) is 106 Å². The summed E-state index contributed by atoms with van der Waals surface area (Å²) in [4.78, 5) is 15.7. The van der Waals surface area contributed by atoms with Gasteiger partial charge in [0.05, 0.1) is 16.6 Å². The number of aromatic nitrogens is 4. The Morgan fingerprint density at radius 3 is 1.71 bits per heavy atom. The minimum absolute atomic E-state index is 0.552. The minimum atomic E-state index is 0.552. The number of furan rings is 1. The first-order valence-electron chi connectivity index (χ1n) is 18.8. The molecule has 3 aromatic heterocycles. The maximum atomic E-state index is 6.52. The topological polar surface area (TPSA) is 56.7 Å². The van der Waals surface area contributed by atoms with Crippen LogP contribution in [0.2, 0.25) is 0 Å². The first kappa shape index (κ1) is 31.9. The fourth-order valence-electron chi connectivity index (χ4n) is 8.04. The van der Waals surface area contributed by atoms with E-state index >= 15 is 0 Å². The van der Waals surface area contributed by atoms with Gasteiger partial charge in [0, 0.05) is 38.4 Å². The van der Waals surface area contributed by atoms with E-state index in [0.29, 0.717) is 17.5 Å². The van der Waals surface area contributed by atoms with E-state index in [2.05, 4.69) is 162 Å². The molecule has 5 nitrogen and oxygen atoms in total. The van der Waals surface area contributed by atoms with E-state index in [4.69, 9.17) is 19.4 Å². The summed E-state index contributed by atoms with van der Waals surface area (Å²) in [7, 11) is 0. The predicted molar refractivity (Wildman–Crippen MR) is 229 cm³/mol. The van der Waals surface area contributed by atoms with Crippen LogP contribution < -0.4 is 0 Å². The standard InChI is InChI=1S/C51H32N4O/c1-3-14-33(15-4-1)34-26-28-35(29-27-34)38-18-7-8-21-42(38)50-52-49(53-51(54-50)43-23-13-22-41-40-20-10-12-25-47(40)56-48(41)43)36-30-31-46-44(32-36)39-19-9-11-24-45(39)55(46)37-16-5-2-6-17-37/h1-32H. The highest BCUT2D eigenvalue weighted by atomic mass is 16.3. The van der Waals surface area contributed by atoms with Gasteiger partial charge >= 0.3 is 0 Å². The maximum Gasteiger partial charge on any atom is 0.167 e. The number of rotatable bonds is 6. The lowest BCUT2D eigenvalue weighted by atomic mass is 9.96. The molecular weight excluding hydrogens is 685 g/mol. The smallest absolute Gasteiger partial charge is 0.167 e. The molecule has 8 aromatic carbocycles. The van der Waals surface area contributed by atoms with Gasteiger partial charge in [0.25, 0.3) is 0 Å². The van der Waals surface area contributed by atoms with Crippen molar-refractivity contribution in [3.63, 3.8) is 0 Å². The van der Waals surface area contributed by atoms with Gasteiger partial charge in [-0.15, -0.1) is 0 Å². The first-order valence-corrected chi connectivity index (χ1v) is 18.8. The Hall–Kier alpha value is -7.63. The molecule has 0 saturated carbocycles. The molecule has 56 heavy (non-hydrogen) atoms. The summed E-state index contributed by atoms with van der Waals surface area (Å²) >= 11 is 0. The normalized spacial score (nSPS) is 11.6. The van der Waals surface area contributed by atoms with Gasteiger partial charge in [0.2, 0.25) is 0 Å². The Morgan fingerprint density at radius 1 is 0.339 bits per heavy atom. The van der Waals surface area contributed by atoms with Gasteiger partial charge in [0.1, 0.15) is 11.2 Å². The first-order chi connectivity index (χ1) is 27.8. The summed E-state index contributed by atoms with van der Waals surface area (Å²) in [5.41, 5.74) is 12.1. The fourth-order valence-corrected chi connectivity index (χ4v) is 8.04. The third kappa shape index (κ3) is 5.29. The molecule has 0 aliphatic rings. The molecule has 0 fully saturated rings. The van der Waals surface area contributed by atoms with E-state index in [9.17, 15) is 0 Å². The Labute approximate surface area is 322 Å². The van der Waals surface area contributed by atoms with E-state index < -0.39 is 0 Å². The van der Waals surface area contributed by atoms with Gasteiger partial charge < -0.3 is 8.98 Å². The zero-order valence-corrected chi connectivity index (χ0v) is 30.2. The Balaban J connectivity index is 1.12. The summed E-state index contributed by atoms with van der Waals surface area (Å²) < 4.78 is 8.84. The third-order valence-corrected chi connectivity index (χ3v) is 10.7. The third-order valence-electron chi connectivity index (χ3n) is 10.7. The second-order valence-electron chi connectivity index (χ2n) is 14.0. The van der Waals surface area contributed by atoms with E-state index in [1.807, 2.05) is 36.4 Å². The van der Waals surface area contributed by atoms with Gasteiger partial charge in [-0.2, -0.15) is 0 Å². The van der Waals surface area contributed by atoms with Gasteiger partial charge in [-0.25, -0.2) is 15.0 Å². The van der Waals surface area contributed by atoms with Gasteiger partial charge in [0.15, 0.2) is 17.5 Å². The van der Waals surface area contributed by atoms with E-state index in [-0.39, 0.29) is 0 Å². The van der Waals surface area contributed by atoms with E-state index in [0.717, 1.165) is 71.9 Å². The highest BCUT2D eigenvalue weighted by molar-refractivity contribution is 6.11. The molecule has 0 spiro atoms. The molecule has 5 heteroatoms. The van der Waals surface area contributed by atoms with Crippen LogP contribution in [0.1, 0.15) is 0 Å². The monoisotopic (exact) mass is 716 g/mol. The van der Waals surface area contributed by atoms with Gasteiger partial charge in [-0.1, -0.05) is 146 Å². The lowest BCUT2D eigenvalue weighted by Crippen LogP contribution is -2.01. The number of nitrogens with zero attached hydrogens (tertiary/aromatic N) is 4. The number of hydrogen-bond acceptors (Lipinski definition) is 4. The molecule has 0 atom stereocenters. The number of fused-ring (bicyclic) bond motifs is 6. The highest BCUT2D eigenvalue weighted by Gasteiger charge is 2.20. The molecule has 3 heterocycles. The highest BCUT2D eigenvalue weighted by Crippen LogP contribution is 2.39. The minimum Gasteiger partial charge on any atom is -0.455 e. The van der Waals surface area contributed by atoms with Crippen LogP contribution in [-0.4, -0.2) is 19.5 Å². The fraction of sp³-hybridized carbons (Fsp3) is 0. The summed E-state index contributed by atoms with van der Waals surface area (Å²) in [5.74, 6) is 1.73. The van der Waals surface area contributed by atoms with Crippen molar-refractivity contribution in [2.24, 2.45) is 0 Å². The number of hydrogen-bond donors (Lipinski definition) is 0. The molecule has 0 radical (unpaired) electrons. The summed E-state index contributed by atoms with van der Waals surface area (Å²) in [6.45, 7) is 0. The molecule has 0 N–H and O–H groups in total. The number of para-hydroxylation sites is 4. The van der Waals surface area contributed by atoms with Crippen molar-refractivity contribution in [2.45, 2.75) is 0 Å². The second kappa shape index (κ2) is 13.0. The van der Waals surface area contributed by atoms with Gasteiger partial charge in [-0.05, 0) is 70.8 Å². The van der Waals surface area contributed by atoms with Crippen LogP contribution >= 0.6 is 0 Å². The SMILES string of the molecule is c1ccc(-c2ccc(-c3ccccc3-c3nc(-c4ccc5c(c4)c4ccccc4n5-c4ccccc4)nc(-c4cccc5c4oc4ccccc45)n3)cc2)cc1. The molecule has 0 aliphatic heterocycles. The average molecular weight is 717 g/mol. The van der Waals surface area contributed by atoms with Crippen molar-refractivity contribution >= 4 is 43.7 Å². The van der Waals surface area contributed by atoms with Crippen LogP contribution in [0.3, 0.4) is 0 Å². The van der Waals surface area contributed by atoms with Crippen LogP contribution in [0.5, 0.6) is 0 Å². The van der Waals surface area contributed by atoms with E-state index in [1.165, 1.54) is 16.5 Å². The molecule has 0 unspecified atom stereocenters. The van der Waals surface area contributed by atoms with Crippen LogP contribution in [0.15, 0.2) is 199 Å². The largest absolute Gasteiger partial charge is 0.455 e. The summed E-state index contributed by atoms with van der Waals surface area (Å²) in [5, 5.41) is 4.38. The summed E-state index contributed by atoms with van der Waals surface area (Å²) in [6.07, 6.45) is 0. The van der Waals surface area contributed by atoms with Crippen molar-refractivity contribution in [3.8, 4) is 62.1 Å². The lowest BCUT2D eigenvalue weighted by molar-refractivity contribution is 0.669. The molecular formula is C51H32N4O. The quantitative estimate of drug-likeness (QED) is 0.172. The Morgan fingerprint density at radius 2 is 0.893 bits per heavy atom. The van der Waals surface area contributed by atoms with Crippen molar-refractivity contribution in [1.29, 1.82) is 0 Å². The van der Waals surface area contributed by atoms with Crippen molar-refractivity contribution < 1.29 is 4.42 Å². The molecule has 262 valence electrons. The summed E-state index contributed by atoms with van der Waals surface area (Å²) in [6, 6.07) is 67.4. The second-order valence-corrected chi connectivity index (χ2v) is 14.0. The zero-order valence-electron chi connectivity index (χ0n) is 30.2. The molecule has 0 amide bonds. The average Bonchev–Trinajstić information content (AvgIpc) is 3.83. The van der Waals surface area contributed by atoms with Crippen LogP contribution in [0.4, 0.5) is 0 Å². The molecule has 11 aromatic rings. The Bertz CT molecular complexity index is 3240. The molecule has 11 rings (SSSR count). The van der Waals surface area contributed by atoms with Crippen molar-refractivity contribution in [3.05, 3.63) is 194 Å². The van der Waals surface area contributed by atoms with Crippen LogP contribution in [0, 0.1) is 0 Å². The maximum absolute atomic E-state index is 6.52. The Kier molecular flexibility index (Phi) is 7.42. The predicted octanol–water partition coefficient (Wildman–Crippen LogP) is 13.2. The van der Waals surface area contributed by atoms with Crippen LogP contribution in [-0.2, 0) is 0 Å². The number of benzene rings is 8. The van der Waals surface area contributed by atoms with Crippen molar-refractivity contribution in [2.75, 3.05) is 0 Å². The van der Waals surface area contributed by atoms with E-state index in [1.54, 1.807) is 0 Å². The van der Waals surface area contributed by atoms with Crippen molar-refractivity contribution in [1.82, 2.24) is 19.5 Å². The zero-order chi connectivity index (χ0) is 37.0.